The van der Waals surface area contributed by atoms with Crippen LogP contribution in [0.25, 0.3) is 0 Å². The van der Waals surface area contributed by atoms with Crippen molar-refractivity contribution < 1.29 is 9.36 Å². The first kappa shape index (κ1) is 12.1. The highest BCUT2D eigenvalue weighted by molar-refractivity contribution is 5.78. The van der Waals surface area contributed by atoms with Crippen molar-refractivity contribution in [3.8, 4) is 0 Å². The molecule has 0 atom stereocenters. The smallest absolute Gasteiger partial charge is 0.225 e. The zero-order chi connectivity index (χ0) is 12.6. The summed E-state index contributed by atoms with van der Waals surface area (Å²) in [5, 5.41) is 0. The predicted octanol–water partition coefficient (Wildman–Crippen LogP) is 2.05. The van der Waals surface area contributed by atoms with E-state index in [2.05, 4.69) is 36.9 Å². The molecule has 1 amide bonds. The molecule has 1 aliphatic heterocycles. The maximum atomic E-state index is 12.0. The summed E-state index contributed by atoms with van der Waals surface area (Å²) in [4.78, 5) is 13.9. The largest absolute Gasteiger partial charge is 0.334 e. The molecule has 0 bridgehead atoms. The second kappa shape index (κ2) is 4.47. The van der Waals surface area contributed by atoms with Crippen molar-refractivity contribution in [2.45, 2.75) is 46.8 Å². The number of aromatic nitrogens is 1. The molecule has 0 radical (unpaired) electrons. The van der Waals surface area contributed by atoms with Crippen LogP contribution in [0, 0.1) is 5.92 Å². The van der Waals surface area contributed by atoms with Crippen molar-refractivity contribution in [1.82, 2.24) is 4.90 Å². The highest BCUT2D eigenvalue weighted by Gasteiger charge is 2.27. The van der Waals surface area contributed by atoms with E-state index in [1.807, 2.05) is 18.7 Å². The summed E-state index contributed by atoms with van der Waals surface area (Å²) in [6, 6.07) is 2.61. The van der Waals surface area contributed by atoms with Crippen LogP contribution in [0.4, 0.5) is 0 Å². The monoisotopic (exact) mass is 233 g/mol. The lowest BCUT2D eigenvalue weighted by atomic mass is 10.2. The Morgan fingerprint density at radius 2 is 1.88 bits per heavy atom. The third kappa shape index (κ3) is 2.33. The van der Waals surface area contributed by atoms with Crippen LogP contribution in [0.1, 0.15) is 44.9 Å². The summed E-state index contributed by atoms with van der Waals surface area (Å²) in [6.45, 7) is 9.78. The van der Waals surface area contributed by atoms with Crippen LogP contribution in [-0.4, -0.2) is 10.8 Å². The van der Waals surface area contributed by atoms with Crippen molar-refractivity contribution >= 4 is 5.91 Å². The fraction of sp³-hybridized carbons (Fsp3) is 0.571. The van der Waals surface area contributed by atoms with Crippen LogP contribution in [0.15, 0.2) is 18.5 Å². The van der Waals surface area contributed by atoms with Crippen LogP contribution in [0.2, 0.25) is 0 Å². The van der Waals surface area contributed by atoms with Crippen molar-refractivity contribution in [3.05, 3.63) is 29.6 Å². The third-order valence-corrected chi connectivity index (χ3v) is 3.29. The Balaban J connectivity index is 2.19. The van der Waals surface area contributed by atoms with Crippen molar-refractivity contribution in [2.24, 2.45) is 5.92 Å². The van der Waals surface area contributed by atoms with E-state index < -0.39 is 0 Å². The number of hydrogen-bond donors (Lipinski definition) is 0. The van der Waals surface area contributed by atoms with Crippen molar-refractivity contribution in [1.29, 1.82) is 0 Å². The molecule has 0 unspecified atom stereocenters. The van der Waals surface area contributed by atoms with Crippen molar-refractivity contribution in [2.75, 3.05) is 0 Å². The molecular formula is C14H21N2O+. The van der Waals surface area contributed by atoms with Gasteiger partial charge in [-0.2, -0.15) is 0 Å². The third-order valence-electron chi connectivity index (χ3n) is 3.29. The van der Waals surface area contributed by atoms with Gasteiger partial charge < -0.3 is 4.90 Å². The molecule has 92 valence electrons. The zero-order valence-corrected chi connectivity index (χ0v) is 11.1. The first-order valence-electron chi connectivity index (χ1n) is 6.30. The number of rotatable bonds is 2. The number of carbonyl (C=O) groups excluding carboxylic acids is 1. The molecule has 0 fully saturated rings. The zero-order valence-electron chi connectivity index (χ0n) is 11.1. The van der Waals surface area contributed by atoms with Crippen LogP contribution in [-0.2, 0) is 17.9 Å². The summed E-state index contributed by atoms with van der Waals surface area (Å²) in [6.07, 6.45) is 4.28. The van der Waals surface area contributed by atoms with Crippen LogP contribution in [0.5, 0.6) is 0 Å². The minimum absolute atomic E-state index is 0.0848. The van der Waals surface area contributed by atoms with Crippen LogP contribution >= 0.6 is 0 Å². The molecule has 1 aromatic heterocycles. The van der Waals surface area contributed by atoms with Gasteiger partial charge in [-0.1, -0.05) is 13.8 Å². The first-order chi connectivity index (χ1) is 7.99. The molecule has 0 spiro atoms. The van der Waals surface area contributed by atoms with Gasteiger partial charge >= 0.3 is 0 Å². The van der Waals surface area contributed by atoms with Crippen LogP contribution in [0.3, 0.4) is 0 Å². The Kier molecular flexibility index (Phi) is 3.18. The summed E-state index contributed by atoms with van der Waals surface area (Å²) in [5.74, 6) is 0.332. The van der Waals surface area contributed by atoms with E-state index in [1.54, 1.807) is 0 Å². The average molecular weight is 233 g/mol. The van der Waals surface area contributed by atoms with Gasteiger partial charge in [-0.15, -0.1) is 0 Å². The molecule has 0 aromatic carbocycles. The van der Waals surface area contributed by atoms with Crippen molar-refractivity contribution in [3.63, 3.8) is 0 Å². The fourth-order valence-electron chi connectivity index (χ4n) is 2.19. The quantitative estimate of drug-likeness (QED) is 0.717. The highest BCUT2D eigenvalue weighted by Crippen LogP contribution is 2.22. The molecule has 0 saturated carbocycles. The summed E-state index contributed by atoms with van der Waals surface area (Å²) in [7, 11) is 0. The second-order valence-electron chi connectivity index (χ2n) is 5.39. The molecule has 0 aliphatic carbocycles. The topological polar surface area (TPSA) is 24.2 Å². The lowest BCUT2D eigenvalue weighted by Gasteiger charge is -2.17. The number of fused-ring (bicyclic) bond motifs is 1. The van der Waals surface area contributed by atoms with Gasteiger partial charge in [0, 0.05) is 24.1 Å². The average Bonchev–Trinajstić information content (AvgIpc) is 2.69. The standard InChI is InChI=1S/C14H21N2O/c1-10(2)14(17)16-7-12-5-6-15(11(3)4)8-13(12)9-16/h5-6,8,10-11H,7,9H2,1-4H3/q+1. The molecule has 3 heteroatoms. The molecule has 0 N–H and O–H groups in total. The lowest BCUT2D eigenvalue weighted by Crippen LogP contribution is -2.35. The molecule has 2 heterocycles. The number of amides is 1. The van der Waals surface area contributed by atoms with E-state index in [-0.39, 0.29) is 11.8 Å². The maximum absolute atomic E-state index is 12.0. The minimum Gasteiger partial charge on any atom is -0.334 e. The molecular weight excluding hydrogens is 212 g/mol. The van der Waals surface area contributed by atoms with E-state index >= 15 is 0 Å². The molecule has 1 aromatic rings. The van der Waals surface area contributed by atoms with Gasteiger partial charge in [0.1, 0.15) is 0 Å². The van der Waals surface area contributed by atoms with E-state index in [1.165, 1.54) is 11.1 Å². The van der Waals surface area contributed by atoms with Gasteiger partial charge in [-0.25, -0.2) is 4.57 Å². The predicted molar refractivity (Wildman–Crippen MR) is 66.1 cm³/mol. The highest BCUT2D eigenvalue weighted by atomic mass is 16.2. The number of pyridine rings is 1. The minimum atomic E-state index is 0.0848. The van der Waals surface area contributed by atoms with E-state index in [4.69, 9.17) is 0 Å². The van der Waals surface area contributed by atoms with E-state index in [0.717, 1.165) is 13.1 Å². The number of hydrogen-bond acceptors (Lipinski definition) is 1. The Bertz CT molecular complexity index is 438. The first-order valence-corrected chi connectivity index (χ1v) is 6.30. The Labute approximate surface area is 103 Å². The number of nitrogens with zero attached hydrogens (tertiary/aromatic N) is 2. The molecule has 3 nitrogen and oxygen atoms in total. The molecule has 1 aliphatic rings. The van der Waals surface area contributed by atoms with Gasteiger partial charge in [-0.05, 0) is 19.4 Å². The molecule has 0 saturated heterocycles. The Morgan fingerprint density at radius 1 is 1.24 bits per heavy atom. The summed E-state index contributed by atoms with van der Waals surface area (Å²) >= 11 is 0. The lowest BCUT2D eigenvalue weighted by molar-refractivity contribution is -0.716. The van der Waals surface area contributed by atoms with Crippen LogP contribution < -0.4 is 4.57 Å². The Morgan fingerprint density at radius 3 is 2.47 bits per heavy atom. The van der Waals surface area contributed by atoms with Gasteiger partial charge in [0.25, 0.3) is 0 Å². The second-order valence-corrected chi connectivity index (χ2v) is 5.39. The van der Waals surface area contributed by atoms with Gasteiger partial charge in [0.05, 0.1) is 6.54 Å². The van der Waals surface area contributed by atoms with Gasteiger partial charge in [-0.3, -0.25) is 4.79 Å². The molecule has 17 heavy (non-hydrogen) atoms. The number of carbonyl (C=O) groups is 1. The Hall–Kier alpha value is -1.38. The summed E-state index contributed by atoms with van der Waals surface area (Å²) < 4.78 is 2.20. The van der Waals surface area contributed by atoms with E-state index in [0.29, 0.717) is 6.04 Å². The fourth-order valence-corrected chi connectivity index (χ4v) is 2.19. The molecule has 2 rings (SSSR count). The van der Waals surface area contributed by atoms with Gasteiger partial charge in [0.15, 0.2) is 18.4 Å². The normalized spacial score (nSPS) is 14.6. The van der Waals surface area contributed by atoms with Gasteiger partial charge in [0.2, 0.25) is 5.91 Å². The van der Waals surface area contributed by atoms with E-state index in [9.17, 15) is 4.79 Å². The summed E-state index contributed by atoms with van der Waals surface area (Å²) in [5.41, 5.74) is 2.58. The maximum Gasteiger partial charge on any atom is 0.225 e. The SMILES string of the molecule is CC(C)C(=O)N1Cc2cc[n+](C(C)C)cc2C1.